The van der Waals surface area contributed by atoms with Crippen molar-refractivity contribution in [2.75, 3.05) is 17.2 Å². The van der Waals surface area contributed by atoms with Crippen LogP contribution in [0.5, 0.6) is 0 Å². The van der Waals surface area contributed by atoms with E-state index in [2.05, 4.69) is 31.9 Å². The number of rotatable bonds is 6. The molecule has 0 amide bonds. The molecule has 0 unspecified atom stereocenters. The summed E-state index contributed by atoms with van der Waals surface area (Å²) in [6.45, 7) is 0.668. The Hall–Kier alpha value is -2.35. The number of hydrogen-bond donors (Lipinski definition) is 2. The molecule has 0 aliphatic heterocycles. The molecule has 0 bridgehead atoms. The van der Waals surface area contributed by atoms with Crippen LogP contribution in [-0.2, 0) is 6.18 Å². The van der Waals surface area contributed by atoms with E-state index in [4.69, 9.17) is 11.6 Å². The van der Waals surface area contributed by atoms with Gasteiger partial charge in [0.05, 0.1) is 22.5 Å². The molecule has 144 valence electrons. The van der Waals surface area contributed by atoms with E-state index in [1.807, 2.05) is 0 Å². The van der Waals surface area contributed by atoms with Gasteiger partial charge in [-0.15, -0.1) is 5.10 Å². The van der Waals surface area contributed by atoms with Crippen molar-refractivity contribution in [3.05, 3.63) is 46.6 Å². The number of nitrogens with one attached hydrogen (secondary N) is 2. The maximum atomic E-state index is 12.9. The number of aromatic nitrogens is 3. The lowest BCUT2D eigenvalue weighted by molar-refractivity contribution is -0.137. The lowest BCUT2D eigenvalue weighted by Gasteiger charge is -2.13. The first-order valence-electron chi connectivity index (χ1n) is 8.67. The molecule has 1 aromatic heterocycles. The van der Waals surface area contributed by atoms with Gasteiger partial charge in [-0.3, -0.25) is 0 Å². The Kier molecular flexibility index (Phi) is 6.15. The monoisotopic (exact) mass is 397 g/mol. The summed E-state index contributed by atoms with van der Waals surface area (Å²) in [5.41, 5.74) is 0.729. The molecule has 1 aliphatic rings. The molecule has 0 spiro atoms. The number of hydrogen-bond acceptors (Lipinski definition) is 5. The standard InChI is InChI=1S/C18H19ClF3N5/c19-14-7-6-13(18(20,21)22)10-15(14)25-16-11-24-27-17(26-16)23-9-8-12-4-2-1-3-5-12/h4,6-7,10-11H,1-3,5,8-9H2,(H2,23,25,26,27). The smallest absolute Gasteiger partial charge is 0.353 e. The first-order valence-corrected chi connectivity index (χ1v) is 9.05. The van der Waals surface area contributed by atoms with Crippen molar-refractivity contribution < 1.29 is 13.2 Å². The van der Waals surface area contributed by atoms with Crippen LogP contribution in [0.1, 0.15) is 37.7 Å². The van der Waals surface area contributed by atoms with Gasteiger partial charge in [-0.2, -0.15) is 23.3 Å². The third kappa shape index (κ3) is 5.56. The predicted molar refractivity (Wildman–Crippen MR) is 99.2 cm³/mol. The number of allylic oxidation sites excluding steroid dienone is 1. The molecule has 2 aromatic rings. The zero-order chi connectivity index (χ0) is 19.3. The molecule has 0 saturated carbocycles. The Morgan fingerprint density at radius 2 is 2.04 bits per heavy atom. The van der Waals surface area contributed by atoms with E-state index in [-0.39, 0.29) is 16.5 Å². The number of benzene rings is 1. The Morgan fingerprint density at radius 1 is 1.19 bits per heavy atom. The van der Waals surface area contributed by atoms with E-state index in [9.17, 15) is 13.2 Å². The van der Waals surface area contributed by atoms with E-state index in [1.165, 1.54) is 30.7 Å². The lowest BCUT2D eigenvalue weighted by Crippen LogP contribution is -2.09. The Bertz CT molecular complexity index is 823. The molecular weight excluding hydrogens is 379 g/mol. The third-order valence-electron chi connectivity index (χ3n) is 4.23. The van der Waals surface area contributed by atoms with Gasteiger partial charge in [0.15, 0.2) is 5.82 Å². The van der Waals surface area contributed by atoms with Crippen LogP contribution in [0.2, 0.25) is 5.02 Å². The molecule has 1 aromatic carbocycles. The third-order valence-corrected chi connectivity index (χ3v) is 4.56. The molecular formula is C18H19ClF3N5. The maximum Gasteiger partial charge on any atom is 0.416 e. The predicted octanol–water partition coefficient (Wildman–Crippen LogP) is 5.59. The molecule has 2 N–H and O–H groups in total. The van der Waals surface area contributed by atoms with Gasteiger partial charge in [-0.1, -0.05) is 23.3 Å². The van der Waals surface area contributed by atoms with Gasteiger partial charge in [0, 0.05) is 6.54 Å². The summed E-state index contributed by atoms with van der Waals surface area (Å²) in [6, 6.07) is 3.06. The maximum absolute atomic E-state index is 12.9. The minimum absolute atomic E-state index is 0.102. The normalized spacial score (nSPS) is 14.6. The van der Waals surface area contributed by atoms with Crippen LogP contribution in [0.25, 0.3) is 0 Å². The summed E-state index contributed by atoms with van der Waals surface area (Å²) in [6.07, 6.45) is 4.77. The van der Waals surface area contributed by atoms with Crippen molar-refractivity contribution in [1.82, 2.24) is 15.2 Å². The quantitative estimate of drug-likeness (QED) is 0.622. The fraction of sp³-hybridized carbons (Fsp3) is 0.389. The van der Waals surface area contributed by atoms with Gasteiger partial charge >= 0.3 is 6.18 Å². The van der Waals surface area contributed by atoms with Crippen molar-refractivity contribution in [2.45, 2.75) is 38.3 Å². The topological polar surface area (TPSA) is 62.7 Å². The fourth-order valence-corrected chi connectivity index (χ4v) is 3.01. The highest BCUT2D eigenvalue weighted by molar-refractivity contribution is 6.33. The first kappa shape index (κ1) is 19.4. The van der Waals surface area contributed by atoms with Gasteiger partial charge < -0.3 is 10.6 Å². The van der Waals surface area contributed by atoms with Gasteiger partial charge in [0.1, 0.15) is 0 Å². The highest BCUT2D eigenvalue weighted by Gasteiger charge is 2.31. The van der Waals surface area contributed by atoms with Crippen LogP contribution in [0.15, 0.2) is 36.0 Å². The minimum Gasteiger partial charge on any atom is -0.353 e. The van der Waals surface area contributed by atoms with Crippen LogP contribution in [-0.4, -0.2) is 21.7 Å². The lowest BCUT2D eigenvalue weighted by atomic mass is 9.97. The van der Waals surface area contributed by atoms with E-state index < -0.39 is 11.7 Å². The van der Waals surface area contributed by atoms with Gasteiger partial charge in [-0.25, -0.2) is 0 Å². The number of nitrogens with zero attached hydrogens (tertiary/aromatic N) is 3. The zero-order valence-electron chi connectivity index (χ0n) is 14.5. The molecule has 3 rings (SSSR count). The molecule has 1 aliphatic carbocycles. The van der Waals surface area contributed by atoms with Crippen LogP contribution >= 0.6 is 11.6 Å². The average Bonchev–Trinajstić information content (AvgIpc) is 2.64. The van der Waals surface area contributed by atoms with E-state index in [0.717, 1.165) is 31.4 Å². The SMILES string of the molecule is FC(F)(F)c1ccc(Cl)c(Nc2cnnc(NCCC3=CCCCC3)n2)c1. The summed E-state index contributed by atoms with van der Waals surface area (Å²) >= 11 is 5.99. The molecule has 0 fully saturated rings. The fourth-order valence-electron chi connectivity index (χ4n) is 2.84. The van der Waals surface area contributed by atoms with E-state index in [1.54, 1.807) is 0 Å². The highest BCUT2D eigenvalue weighted by Crippen LogP contribution is 2.34. The van der Waals surface area contributed by atoms with Gasteiger partial charge in [0.2, 0.25) is 5.95 Å². The largest absolute Gasteiger partial charge is 0.416 e. The van der Waals surface area contributed by atoms with Crippen molar-refractivity contribution in [2.24, 2.45) is 0 Å². The van der Waals surface area contributed by atoms with Crippen LogP contribution in [0, 0.1) is 0 Å². The molecule has 0 saturated heterocycles. The van der Waals surface area contributed by atoms with Gasteiger partial charge in [-0.05, 0) is 50.3 Å². The summed E-state index contributed by atoms with van der Waals surface area (Å²) in [5, 5.41) is 13.7. The molecule has 1 heterocycles. The highest BCUT2D eigenvalue weighted by atomic mass is 35.5. The number of alkyl halides is 3. The van der Waals surface area contributed by atoms with E-state index in [0.29, 0.717) is 12.5 Å². The first-order chi connectivity index (χ1) is 12.9. The number of halogens is 4. The Labute approximate surface area is 160 Å². The second-order valence-corrected chi connectivity index (χ2v) is 6.67. The van der Waals surface area contributed by atoms with Gasteiger partial charge in [0.25, 0.3) is 0 Å². The number of anilines is 3. The summed E-state index contributed by atoms with van der Waals surface area (Å²) in [4.78, 5) is 4.23. The summed E-state index contributed by atoms with van der Waals surface area (Å²) in [5.74, 6) is 0.560. The van der Waals surface area contributed by atoms with Crippen molar-refractivity contribution in [1.29, 1.82) is 0 Å². The average molecular weight is 398 g/mol. The second-order valence-electron chi connectivity index (χ2n) is 6.27. The zero-order valence-corrected chi connectivity index (χ0v) is 15.2. The summed E-state index contributed by atoms with van der Waals surface area (Å²) < 4.78 is 38.6. The molecule has 0 atom stereocenters. The van der Waals surface area contributed by atoms with Crippen molar-refractivity contribution in [3.8, 4) is 0 Å². The minimum atomic E-state index is -4.45. The molecule has 9 heteroatoms. The van der Waals surface area contributed by atoms with Crippen LogP contribution in [0.4, 0.5) is 30.6 Å². The second kappa shape index (κ2) is 8.56. The van der Waals surface area contributed by atoms with Crippen LogP contribution < -0.4 is 10.6 Å². The molecule has 5 nitrogen and oxygen atoms in total. The Balaban J connectivity index is 1.64. The molecule has 0 radical (unpaired) electrons. The summed E-state index contributed by atoms with van der Waals surface area (Å²) in [7, 11) is 0. The van der Waals surface area contributed by atoms with E-state index >= 15 is 0 Å². The Morgan fingerprint density at radius 3 is 2.78 bits per heavy atom. The van der Waals surface area contributed by atoms with Crippen LogP contribution in [0.3, 0.4) is 0 Å². The van der Waals surface area contributed by atoms with Crippen molar-refractivity contribution in [3.63, 3.8) is 0 Å². The van der Waals surface area contributed by atoms with Crippen molar-refractivity contribution >= 4 is 29.1 Å². The molecule has 27 heavy (non-hydrogen) atoms.